The van der Waals surface area contributed by atoms with Crippen LogP contribution in [0.2, 0.25) is 0 Å². The number of hydrogen-bond acceptors (Lipinski definition) is 5. The van der Waals surface area contributed by atoms with Crippen molar-refractivity contribution in [1.29, 1.82) is 0 Å². The van der Waals surface area contributed by atoms with Crippen LogP contribution in [-0.2, 0) is 6.54 Å². The van der Waals surface area contributed by atoms with E-state index in [9.17, 15) is 14.9 Å². The molecule has 1 N–H and O–H groups in total. The summed E-state index contributed by atoms with van der Waals surface area (Å²) in [6, 6.07) is 12.7. The second-order valence-corrected chi connectivity index (χ2v) is 5.84. The highest BCUT2D eigenvalue weighted by atomic mass is 16.6. The van der Waals surface area contributed by atoms with Gasteiger partial charge in [-0.15, -0.1) is 0 Å². The lowest BCUT2D eigenvalue weighted by Gasteiger charge is -2.10. The fourth-order valence-corrected chi connectivity index (χ4v) is 1.92. The number of ether oxygens (including phenoxy) is 2. The number of nitrogens with zero attached hydrogens (tertiary/aromatic N) is 1. The first-order valence-electron chi connectivity index (χ1n) is 7.86. The van der Waals surface area contributed by atoms with Crippen molar-refractivity contribution in [3.05, 3.63) is 64.2 Å². The van der Waals surface area contributed by atoms with Crippen molar-refractivity contribution in [2.45, 2.75) is 20.4 Å². The molecule has 7 heteroatoms. The average molecular weight is 344 g/mol. The van der Waals surface area contributed by atoms with Crippen molar-refractivity contribution in [3.8, 4) is 11.5 Å². The molecule has 0 aliphatic heterocycles. The quantitative estimate of drug-likeness (QED) is 0.607. The highest BCUT2D eigenvalue weighted by Gasteiger charge is 2.08. The molecule has 0 radical (unpaired) electrons. The van der Waals surface area contributed by atoms with Crippen LogP contribution in [0.1, 0.15) is 19.4 Å². The Hall–Kier alpha value is -3.09. The number of hydrogen-bond donors (Lipinski definition) is 1. The van der Waals surface area contributed by atoms with Gasteiger partial charge in [0, 0.05) is 18.7 Å². The minimum atomic E-state index is -0.631. The zero-order valence-electron chi connectivity index (χ0n) is 14.1. The first-order chi connectivity index (χ1) is 11.9. The Balaban J connectivity index is 1.80. The molecule has 0 aliphatic rings. The van der Waals surface area contributed by atoms with Gasteiger partial charge in [-0.25, -0.2) is 4.79 Å². The largest absolute Gasteiger partial charge is 0.493 e. The van der Waals surface area contributed by atoms with E-state index >= 15 is 0 Å². The van der Waals surface area contributed by atoms with Crippen LogP contribution >= 0.6 is 0 Å². The Kier molecular flexibility index (Phi) is 6.33. The number of nitrogens with one attached hydrogen (secondary N) is 1. The molecule has 7 nitrogen and oxygen atoms in total. The molecule has 0 aromatic heterocycles. The van der Waals surface area contributed by atoms with Crippen LogP contribution in [0.5, 0.6) is 11.5 Å². The lowest BCUT2D eigenvalue weighted by molar-refractivity contribution is -0.384. The number of rotatable bonds is 7. The van der Waals surface area contributed by atoms with Gasteiger partial charge in [0.1, 0.15) is 11.5 Å². The normalized spacial score (nSPS) is 10.4. The molecule has 0 atom stereocenters. The molecule has 2 rings (SSSR count). The molecule has 0 unspecified atom stereocenters. The van der Waals surface area contributed by atoms with Crippen molar-refractivity contribution in [3.63, 3.8) is 0 Å². The Morgan fingerprint density at radius 3 is 2.24 bits per heavy atom. The molecule has 2 aromatic carbocycles. The van der Waals surface area contributed by atoms with Crippen LogP contribution < -0.4 is 14.8 Å². The molecule has 25 heavy (non-hydrogen) atoms. The molecule has 0 aliphatic carbocycles. The minimum Gasteiger partial charge on any atom is -0.493 e. The Morgan fingerprint density at radius 2 is 1.68 bits per heavy atom. The van der Waals surface area contributed by atoms with Crippen LogP contribution in [0.3, 0.4) is 0 Å². The van der Waals surface area contributed by atoms with Gasteiger partial charge in [0.05, 0.1) is 11.5 Å². The summed E-state index contributed by atoms with van der Waals surface area (Å²) in [6.07, 6.45) is -0.631. The summed E-state index contributed by atoms with van der Waals surface area (Å²) >= 11 is 0. The highest BCUT2D eigenvalue weighted by Crippen LogP contribution is 2.17. The monoisotopic (exact) mass is 344 g/mol. The van der Waals surface area contributed by atoms with Gasteiger partial charge in [-0.05, 0) is 35.7 Å². The highest BCUT2D eigenvalue weighted by molar-refractivity contribution is 5.70. The zero-order valence-corrected chi connectivity index (χ0v) is 14.1. The van der Waals surface area contributed by atoms with Gasteiger partial charge < -0.3 is 14.8 Å². The first kappa shape index (κ1) is 18.3. The molecular weight excluding hydrogens is 324 g/mol. The van der Waals surface area contributed by atoms with Crippen LogP contribution in [-0.4, -0.2) is 17.6 Å². The summed E-state index contributed by atoms with van der Waals surface area (Å²) in [5, 5.41) is 13.2. The van der Waals surface area contributed by atoms with Gasteiger partial charge in [-0.1, -0.05) is 26.0 Å². The number of amides is 1. The maximum absolute atomic E-state index is 11.8. The number of carbonyl (C=O) groups is 1. The van der Waals surface area contributed by atoms with E-state index in [0.717, 1.165) is 11.3 Å². The smallest absolute Gasteiger partial charge is 0.412 e. The van der Waals surface area contributed by atoms with Crippen molar-refractivity contribution in [1.82, 2.24) is 5.32 Å². The summed E-state index contributed by atoms with van der Waals surface area (Å²) < 4.78 is 10.7. The predicted octanol–water partition coefficient (Wildman–Crippen LogP) is 3.92. The fourth-order valence-electron chi connectivity index (χ4n) is 1.92. The molecule has 0 spiro atoms. The average Bonchev–Trinajstić information content (AvgIpc) is 2.59. The van der Waals surface area contributed by atoms with E-state index in [0.29, 0.717) is 19.1 Å². The molecule has 0 fully saturated rings. The summed E-state index contributed by atoms with van der Waals surface area (Å²) in [5.74, 6) is 1.47. The third-order valence-corrected chi connectivity index (χ3v) is 3.20. The fraction of sp³-hybridized carbons (Fsp3) is 0.278. The van der Waals surface area contributed by atoms with Gasteiger partial charge in [0.15, 0.2) is 0 Å². The van der Waals surface area contributed by atoms with Gasteiger partial charge in [-0.3, -0.25) is 10.1 Å². The van der Waals surface area contributed by atoms with E-state index in [4.69, 9.17) is 9.47 Å². The standard InChI is InChI=1S/C18H20N2O5/c1-13(2)12-24-16-7-3-14(4-8-16)11-19-18(21)25-17-9-5-15(6-10-17)20(22)23/h3-10,13H,11-12H2,1-2H3,(H,19,21). The Morgan fingerprint density at radius 1 is 1.08 bits per heavy atom. The predicted molar refractivity (Wildman–Crippen MR) is 92.7 cm³/mol. The van der Waals surface area contributed by atoms with Gasteiger partial charge in [0.2, 0.25) is 0 Å². The minimum absolute atomic E-state index is 0.0625. The first-order valence-corrected chi connectivity index (χ1v) is 7.86. The summed E-state index contributed by atoms with van der Waals surface area (Å²) in [4.78, 5) is 21.8. The van der Waals surface area contributed by atoms with E-state index in [1.165, 1.54) is 24.3 Å². The van der Waals surface area contributed by atoms with Gasteiger partial charge in [-0.2, -0.15) is 0 Å². The van der Waals surface area contributed by atoms with E-state index in [1.54, 1.807) is 0 Å². The van der Waals surface area contributed by atoms with Crippen LogP contribution in [0.4, 0.5) is 10.5 Å². The summed E-state index contributed by atoms with van der Waals surface area (Å²) in [7, 11) is 0. The van der Waals surface area contributed by atoms with E-state index in [-0.39, 0.29) is 11.4 Å². The van der Waals surface area contributed by atoms with Crippen molar-refractivity contribution >= 4 is 11.8 Å². The number of nitro groups is 1. The number of carbonyl (C=O) groups excluding carboxylic acids is 1. The Bertz CT molecular complexity index is 711. The maximum atomic E-state index is 11.8. The van der Waals surface area contributed by atoms with Gasteiger partial charge >= 0.3 is 6.09 Å². The zero-order chi connectivity index (χ0) is 18.2. The third kappa shape index (κ3) is 6.14. The van der Waals surface area contributed by atoms with E-state index in [2.05, 4.69) is 19.2 Å². The number of nitro benzene ring substituents is 1. The topological polar surface area (TPSA) is 90.7 Å². The Labute approximate surface area is 145 Å². The van der Waals surface area contributed by atoms with E-state index in [1.807, 2.05) is 24.3 Å². The molecule has 0 bridgehead atoms. The van der Waals surface area contributed by atoms with Crippen LogP contribution in [0, 0.1) is 16.0 Å². The molecule has 0 saturated carbocycles. The summed E-state index contributed by atoms with van der Waals surface area (Å²) in [5.41, 5.74) is 0.838. The second-order valence-electron chi connectivity index (χ2n) is 5.84. The molecule has 0 heterocycles. The second kappa shape index (κ2) is 8.68. The van der Waals surface area contributed by atoms with Gasteiger partial charge in [0.25, 0.3) is 5.69 Å². The molecule has 132 valence electrons. The molecular formula is C18H20N2O5. The molecule has 1 amide bonds. The van der Waals surface area contributed by atoms with Crippen molar-refractivity contribution in [2.24, 2.45) is 5.92 Å². The van der Waals surface area contributed by atoms with E-state index < -0.39 is 11.0 Å². The molecule has 2 aromatic rings. The third-order valence-electron chi connectivity index (χ3n) is 3.20. The van der Waals surface area contributed by atoms with Crippen LogP contribution in [0.15, 0.2) is 48.5 Å². The van der Waals surface area contributed by atoms with Crippen molar-refractivity contribution in [2.75, 3.05) is 6.61 Å². The molecule has 0 saturated heterocycles. The lowest BCUT2D eigenvalue weighted by Crippen LogP contribution is -2.26. The summed E-state index contributed by atoms with van der Waals surface area (Å²) in [6.45, 7) is 5.11. The SMILES string of the molecule is CC(C)COc1ccc(CNC(=O)Oc2ccc([N+](=O)[O-])cc2)cc1. The number of non-ortho nitro benzene ring substituents is 1. The lowest BCUT2D eigenvalue weighted by atomic mass is 10.2. The van der Waals surface area contributed by atoms with Crippen LogP contribution in [0.25, 0.3) is 0 Å². The number of benzene rings is 2. The van der Waals surface area contributed by atoms with Crippen molar-refractivity contribution < 1.29 is 19.2 Å². The maximum Gasteiger partial charge on any atom is 0.412 e.